The second-order valence-corrected chi connectivity index (χ2v) is 3.63. The molecule has 15 heavy (non-hydrogen) atoms. The summed E-state index contributed by atoms with van der Waals surface area (Å²) in [5.41, 5.74) is 2.08. The van der Waals surface area contributed by atoms with Gasteiger partial charge in [0, 0.05) is 11.5 Å². The minimum absolute atomic E-state index is 0.162. The summed E-state index contributed by atoms with van der Waals surface area (Å²) in [6.07, 6.45) is 2.80. The zero-order valence-corrected chi connectivity index (χ0v) is 8.77. The molecule has 0 heterocycles. The minimum atomic E-state index is -0.162. The first-order chi connectivity index (χ1) is 7.31. The second-order valence-electron chi connectivity index (χ2n) is 3.63. The van der Waals surface area contributed by atoms with Gasteiger partial charge in [0.1, 0.15) is 0 Å². The van der Waals surface area contributed by atoms with Crippen molar-refractivity contribution in [1.82, 2.24) is 0 Å². The fourth-order valence-corrected chi connectivity index (χ4v) is 1.74. The number of rotatable bonds is 3. The normalized spacial score (nSPS) is 19.0. The van der Waals surface area contributed by atoms with E-state index < -0.39 is 0 Å². The van der Waals surface area contributed by atoms with E-state index in [1.165, 1.54) is 5.56 Å². The third-order valence-electron chi connectivity index (χ3n) is 2.61. The molecule has 0 saturated carbocycles. The van der Waals surface area contributed by atoms with Crippen LogP contribution in [0.25, 0.3) is 0 Å². The average molecular weight is 202 g/mol. The van der Waals surface area contributed by atoms with E-state index in [0.717, 1.165) is 12.0 Å². The van der Waals surface area contributed by atoms with Crippen LogP contribution in [-0.4, -0.2) is 12.6 Å². The third-order valence-corrected chi connectivity index (χ3v) is 2.61. The van der Waals surface area contributed by atoms with Crippen LogP contribution in [0.15, 0.2) is 42.0 Å². The van der Waals surface area contributed by atoms with Gasteiger partial charge in [0.2, 0.25) is 0 Å². The highest BCUT2D eigenvalue weighted by molar-refractivity contribution is 5.90. The van der Waals surface area contributed by atoms with Crippen molar-refractivity contribution in [2.75, 3.05) is 6.61 Å². The van der Waals surface area contributed by atoms with Crippen molar-refractivity contribution < 1.29 is 9.53 Å². The first kappa shape index (κ1) is 9.97. The van der Waals surface area contributed by atoms with Gasteiger partial charge in [-0.2, -0.15) is 0 Å². The van der Waals surface area contributed by atoms with Crippen LogP contribution in [0.3, 0.4) is 0 Å². The van der Waals surface area contributed by atoms with Crippen LogP contribution < -0.4 is 0 Å². The maximum atomic E-state index is 11.3. The summed E-state index contributed by atoms with van der Waals surface area (Å²) in [6, 6.07) is 10.2. The molecule has 2 heteroatoms. The Hall–Kier alpha value is -1.57. The molecule has 1 unspecified atom stereocenters. The summed E-state index contributed by atoms with van der Waals surface area (Å²) in [4.78, 5) is 11.3. The minimum Gasteiger partial charge on any atom is -0.463 e. The van der Waals surface area contributed by atoms with Crippen LogP contribution in [0.2, 0.25) is 0 Å². The maximum absolute atomic E-state index is 11.3. The molecule has 1 aliphatic carbocycles. The summed E-state index contributed by atoms with van der Waals surface area (Å²) in [7, 11) is 0. The highest BCUT2D eigenvalue weighted by Crippen LogP contribution is 2.35. The van der Waals surface area contributed by atoms with Crippen LogP contribution in [0, 0.1) is 0 Å². The zero-order valence-electron chi connectivity index (χ0n) is 8.77. The molecule has 1 aliphatic rings. The van der Waals surface area contributed by atoms with Gasteiger partial charge in [-0.3, -0.25) is 0 Å². The number of allylic oxidation sites excluding steroid dienone is 1. The zero-order chi connectivity index (χ0) is 10.7. The number of ether oxygens (including phenoxy) is 1. The molecule has 0 aromatic heterocycles. The Kier molecular flexibility index (Phi) is 2.86. The van der Waals surface area contributed by atoms with Gasteiger partial charge in [-0.15, -0.1) is 0 Å². The molecule has 0 fully saturated rings. The van der Waals surface area contributed by atoms with E-state index in [1.807, 2.05) is 31.2 Å². The van der Waals surface area contributed by atoms with E-state index in [2.05, 4.69) is 12.1 Å². The number of carbonyl (C=O) groups is 1. The Labute approximate surface area is 89.6 Å². The van der Waals surface area contributed by atoms with Crippen molar-refractivity contribution in [3.63, 3.8) is 0 Å². The molecule has 0 radical (unpaired) electrons. The Morgan fingerprint density at radius 3 is 2.67 bits per heavy atom. The molecule has 1 aromatic rings. The van der Waals surface area contributed by atoms with Crippen molar-refractivity contribution >= 4 is 5.97 Å². The number of benzene rings is 1. The lowest BCUT2D eigenvalue weighted by Crippen LogP contribution is -2.18. The largest absolute Gasteiger partial charge is 0.463 e. The van der Waals surface area contributed by atoms with Gasteiger partial charge in [0.15, 0.2) is 0 Å². The Bertz CT molecular complexity index is 379. The van der Waals surface area contributed by atoms with E-state index in [0.29, 0.717) is 12.5 Å². The summed E-state index contributed by atoms with van der Waals surface area (Å²) in [5, 5.41) is 0. The molecule has 78 valence electrons. The standard InChI is InChI=1S/C13H14O2/c1-2-15-13(14)12-8-11(9-12)10-6-4-3-5-7-10/h3-8,11H,2,9H2,1H3. The fourth-order valence-electron chi connectivity index (χ4n) is 1.74. The van der Waals surface area contributed by atoms with Crippen LogP contribution in [0.5, 0.6) is 0 Å². The van der Waals surface area contributed by atoms with Crippen LogP contribution in [0.4, 0.5) is 0 Å². The first-order valence-electron chi connectivity index (χ1n) is 5.24. The molecule has 0 aliphatic heterocycles. The van der Waals surface area contributed by atoms with Crippen LogP contribution >= 0.6 is 0 Å². The molecule has 2 rings (SSSR count). The number of esters is 1. The Morgan fingerprint density at radius 2 is 2.07 bits per heavy atom. The molecule has 0 bridgehead atoms. The Balaban J connectivity index is 2.00. The van der Waals surface area contributed by atoms with Crippen LogP contribution in [-0.2, 0) is 9.53 Å². The number of hydrogen-bond donors (Lipinski definition) is 0. The van der Waals surface area contributed by atoms with Gasteiger partial charge in [-0.1, -0.05) is 36.4 Å². The second kappa shape index (κ2) is 4.30. The van der Waals surface area contributed by atoms with Crippen molar-refractivity contribution in [3.05, 3.63) is 47.5 Å². The van der Waals surface area contributed by atoms with Gasteiger partial charge in [0.05, 0.1) is 6.61 Å². The molecule has 2 nitrogen and oxygen atoms in total. The van der Waals surface area contributed by atoms with E-state index in [4.69, 9.17) is 4.74 Å². The van der Waals surface area contributed by atoms with Gasteiger partial charge in [-0.25, -0.2) is 4.79 Å². The quantitative estimate of drug-likeness (QED) is 0.704. The molecule has 0 spiro atoms. The van der Waals surface area contributed by atoms with Crippen molar-refractivity contribution in [2.24, 2.45) is 0 Å². The van der Waals surface area contributed by atoms with E-state index in [9.17, 15) is 4.79 Å². The smallest absolute Gasteiger partial charge is 0.333 e. The fraction of sp³-hybridized carbons (Fsp3) is 0.308. The lowest BCUT2D eigenvalue weighted by molar-refractivity contribution is -0.139. The van der Waals surface area contributed by atoms with Gasteiger partial charge >= 0.3 is 5.97 Å². The molecule has 1 atom stereocenters. The van der Waals surface area contributed by atoms with Crippen LogP contribution in [0.1, 0.15) is 24.8 Å². The number of hydrogen-bond acceptors (Lipinski definition) is 2. The summed E-state index contributed by atoms with van der Waals surface area (Å²) in [6.45, 7) is 2.28. The summed E-state index contributed by atoms with van der Waals surface area (Å²) in [5.74, 6) is 0.232. The molecular weight excluding hydrogens is 188 g/mol. The van der Waals surface area contributed by atoms with Crippen molar-refractivity contribution in [2.45, 2.75) is 19.3 Å². The van der Waals surface area contributed by atoms with Crippen molar-refractivity contribution in [3.8, 4) is 0 Å². The SMILES string of the molecule is CCOC(=O)C1=CC(c2ccccc2)C1. The van der Waals surface area contributed by atoms with E-state index >= 15 is 0 Å². The predicted octanol–water partition coefficient (Wildman–Crippen LogP) is 2.66. The predicted molar refractivity (Wildman–Crippen MR) is 58.5 cm³/mol. The highest BCUT2D eigenvalue weighted by Gasteiger charge is 2.26. The van der Waals surface area contributed by atoms with E-state index in [-0.39, 0.29) is 5.97 Å². The summed E-state index contributed by atoms with van der Waals surface area (Å²) < 4.78 is 4.92. The number of carbonyl (C=O) groups excluding carboxylic acids is 1. The third kappa shape index (κ3) is 2.09. The van der Waals surface area contributed by atoms with Gasteiger partial charge in [-0.05, 0) is 18.9 Å². The van der Waals surface area contributed by atoms with Crippen molar-refractivity contribution in [1.29, 1.82) is 0 Å². The van der Waals surface area contributed by atoms with E-state index in [1.54, 1.807) is 0 Å². The molecule has 0 N–H and O–H groups in total. The molecule has 0 saturated heterocycles. The molecule has 1 aromatic carbocycles. The maximum Gasteiger partial charge on any atom is 0.333 e. The average Bonchev–Trinajstić information content (AvgIpc) is 2.17. The summed E-state index contributed by atoms with van der Waals surface area (Å²) >= 11 is 0. The molecule has 0 amide bonds. The highest BCUT2D eigenvalue weighted by atomic mass is 16.5. The van der Waals surface area contributed by atoms with Gasteiger partial charge < -0.3 is 4.74 Å². The lowest BCUT2D eigenvalue weighted by atomic mass is 9.81. The van der Waals surface area contributed by atoms with Gasteiger partial charge in [0.25, 0.3) is 0 Å². The topological polar surface area (TPSA) is 26.3 Å². The monoisotopic (exact) mass is 202 g/mol. The lowest BCUT2D eigenvalue weighted by Gasteiger charge is -2.24. The first-order valence-corrected chi connectivity index (χ1v) is 5.24. The Morgan fingerprint density at radius 1 is 1.40 bits per heavy atom. The molecular formula is C13H14O2.